The number of piperidine rings is 1. The first kappa shape index (κ1) is 20.4. The van der Waals surface area contributed by atoms with Crippen LogP contribution in [0.2, 0.25) is 0 Å². The van der Waals surface area contributed by atoms with E-state index in [1.54, 1.807) is 6.20 Å². The molecule has 5 N–H and O–H groups in total. The van der Waals surface area contributed by atoms with Crippen molar-refractivity contribution in [3.8, 4) is 11.3 Å². The summed E-state index contributed by atoms with van der Waals surface area (Å²) in [5, 5.41) is 41.3. The number of aromatic nitrogens is 3. The van der Waals surface area contributed by atoms with E-state index in [-0.39, 0.29) is 0 Å². The Morgan fingerprint density at radius 2 is 2.03 bits per heavy atom. The molecule has 158 valence electrons. The van der Waals surface area contributed by atoms with Crippen molar-refractivity contribution in [3.05, 3.63) is 36.5 Å². The van der Waals surface area contributed by atoms with Crippen molar-refractivity contribution >= 4 is 0 Å². The van der Waals surface area contributed by atoms with Gasteiger partial charge in [-0.1, -0.05) is 35.5 Å². The fourth-order valence-electron chi connectivity index (χ4n) is 4.05. The highest BCUT2D eigenvalue weighted by atomic mass is 16.7. The van der Waals surface area contributed by atoms with Crippen molar-refractivity contribution < 1.29 is 30.1 Å². The predicted molar refractivity (Wildman–Crippen MR) is 103 cm³/mol. The molecule has 0 amide bonds. The van der Waals surface area contributed by atoms with Gasteiger partial charge in [0.25, 0.3) is 0 Å². The van der Waals surface area contributed by atoms with Gasteiger partial charge in [0.15, 0.2) is 6.29 Å². The Bertz CT molecular complexity index is 767. The van der Waals surface area contributed by atoms with Crippen LogP contribution in [0.1, 0.15) is 18.9 Å². The normalized spacial score (nSPS) is 32.9. The van der Waals surface area contributed by atoms with Gasteiger partial charge in [-0.25, -0.2) is 4.68 Å². The Morgan fingerprint density at radius 3 is 2.76 bits per heavy atom. The molecule has 3 heterocycles. The SMILES string of the molecule is OC[C@H]1O[C@H](OC[C@H]2CCC[NH2+]C2)[C@@H](n2cc(-c3ccccc3)nn2)[C@@H](O)[C@@H]1O. The van der Waals surface area contributed by atoms with Crippen LogP contribution in [0.3, 0.4) is 0 Å². The maximum Gasteiger partial charge on any atom is 0.183 e. The number of rotatable bonds is 6. The van der Waals surface area contributed by atoms with Gasteiger partial charge in [0.2, 0.25) is 0 Å². The van der Waals surface area contributed by atoms with Gasteiger partial charge in [-0.05, 0) is 12.8 Å². The van der Waals surface area contributed by atoms with Gasteiger partial charge in [-0.2, -0.15) is 0 Å². The third-order valence-electron chi connectivity index (χ3n) is 5.75. The van der Waals surface area contributed by atoms with E-state index in [4.69, 9.17) is 9.47 Å². The lowest BCUT2D eigenvalue weighted by Crippen LogP contribution is -2.87. The van der Waals surface area contributed by atoms with Crippen molar-refractivity contribution in [3.63, 3.8) is 0 Å². The number of nitrogens with zero attached hydrogens (tertiary/aromatic N) is 3. The third-order valence-corrected chi connectivity index (χ3v) is 5.75. The summed E-state index contributed by atoms with van der Waals surface area (Å²) in [4.78, 5) is 0. The molecule has 2 fully saturated rings. The van der Waals surface area contributed by atoms with E-state index in [0.29, 0.717) is 18.2 Å². The second kappa shape index (κ2) is 9.29. The number of quaternary nitrogens is 1. The summed E-state index contributed by atoms with van der Waals surface area (Å²) in [6.07, 6.45) is -0.286. The summed E-state index contributed by atoms with van der Waals surface area (Å²) >= 11 is 0. The van der Waals surface area contributed by atoms with E-state index >= 15 is 0 Å². The van der Waals surface area contributed by atoms with Crippen LogP contribution >= 0.6 is 0 Å². The second-order valence-corrected chi connectivity index (χ2v) is 7.80. The van der Waals surface area contributed by atoms with Crippen molar-refractivity contribution in [2.75, 3.05) is 26.3 Å². The van der Waals surface area contributed by atoms with Crippen LogP contribution in [0.15, 0.2) is 36.5 Å². The Morgan fingerprint density at radius 1 is 1.21 bits per heavy atom. The number of benzene rings is 1. The number of aliphatic hydroxyl groups excluding tert-OH is 3. The van der Waals surface area contributed by atoms with Crippen LogP contribution in [-0.2, 0) is 9.47 Å². The van der Waals surface area contributed by atoms with Gasteiger partial charge in [-0.3, -0.25) is 0 Å². The Kier molecular flexibility index (Phi) is 6.53. The molecule has 0 aliphatic carbocycles. The number of ether oxygens (including phenoxy) is 2. The summed E-state index contributed by atoms with van der Waals surface area (Å²) in [5.74, 6) is 0.403. The zero-order valence-electron chi connectivity index (χ0n) is 16.2. The molecule has 9 heteroatoms. The van der Waals surface area contributed by atoms with E-state index < -0.39 is 37.3 Å². The molecule has 2 aromatic rings. The van der Waals surface area contributed by atoms with E-state index in [0.717, 1.165) is 31.5 Å². The molecule has 6 atom stereocenters. The highest BCUT2D eigenvalue weighted by Crippen LogP contribution is 2.32. The smallest absolute Gasteiger partial charge is 0.183 e. The van der Waals surface area contributed by atoms with Gasteiger partial charge in [0, 0.05) is 11.5 Å². The number of nitrogens with two attached hydrogens (primary N) is 1. The minimum absolute atomic E-state index is 0.403. The summed E-state index contributed by atoms with van der Waals surface area (Å²) in [5.41, 5.74) is 1.55. The first-order valence-corrected chi connectivity index (χ1v) is 10.2. The average Bonchev–Trinajstić information content (AvgIpc) is 3.25. The lowest BCUT2D eigenvalue weighted by atomic mass is 9.96. The number of hydrogen-bond donors (Lipinski definition) is 4. The van der Waals surface area contributed by atoms with Crippen LogP contribution in [0.5, 0.6) is 0 Å². The van der Waals surface area contributed by atoms with Crippen LogP contribution in [0, 0.1) is 5.92 Å². The molecule has 2 saturated heterocycles. The van der Waals surface area contributed by atoms with Crippen LogP contribution in [0.25, 0.3) is 11.3 Å². The van der Waals surface area contributed by atoms with Gasteiger partial charge in [-0.15, -0.1) is 5.10 Å². The van der Waals surface area contributed by atoms with Gasteiger partial charge in [0.05, 0.1) is 32.5 Å². The quantitative estimate of drug-likeness (QED) is 0.481. The van der Waals surface area contributed by atoms with Crippen LogP contribution in [-0.4, -0.2) is 81.2 Å². The second-order valence-electron chi connectivity index (χ2n) is 7.80. The number of hydrogen-bond acceptors (Lipinski definition) is 7. The average molecular weight is 405 g/mol. The standard InChI is InChI=1S/C20H28N4O5/c25-11-16-18(26)19(27)17(20(29-16)28-12-13-5-4-8-21-9-13)24-10-15(22-23-24)14-6-2-1-3-7-14/h1-3,6-7,10,13,16-21,25-27H,4-5,8-9,11-12H2/p+1/t13-,16+,17-,18+,19+,20-/m0/s1. The highest BCUT2D eigenvalue weighted by molar-refractivity contribution is 5.57. The van der Waals surface area contributed by atoms with Crippen molar-refractivity contribution in [1.82, 2.24) is 15.0 Å². The van der Waals surface area contributed by atoms with Gasteiger partial charge in [0.1, 0.15) is 30.0 Å². The topological polar surface area (TPSA) is 126 Å². The zero-order valence-corrected chi connectivity index (χ0v) is 16.2. The summed E-state index contributed by atoms with van der Waals surface area (Å²) in [6.45, 7) is 2.21. The first-order chi connectivity index (χ1) is 14.2. The van der Waals surface area contributed by atoms with Crippen LogP contribution in [0.4, 0.5) is 0 Å². The monoisotopic (exact) mass is 405 g/mol. The van der Waals surface area contributed by atoms with Gasteiger partial charge >= 0.3 is 0 Å². The molecule has 2 aliphatic heterocycles. The Labute approximate surface area is 169 Å². The molecule has 2 aliphatic rings. The van der Waals surface area contributed by atoms with E-state index in [9.17, 15) is 15.3 Å². The minimum atomic E-state index is -1.25. The molecular formula is C20H29N4O5+. The summed E-state index contributed by atoms with van der Waals surface area (Å²) in [6, 6.07) is 8.82. The molecule has 1 aromatic heterocycles. The molecule has 0 spiro atoms. The minimum Gasteiger partial charge on any atom is -0.394 e. The first-order valence-electron chi connectivity index (χ1n) is 10.2. The molecule has 0 bridgehead atoms. The third kappa shape index (κ3) is 4.50. The molecule has 9 nitrogen and oxygen atoms in total. The molecule has 0 radical (unpaired) electrons. The molecular weight excluding hydrogens is 376 g/mol. The van der Waals surface area contributed by atoms with Crippen molar-refractivity contribution in [2.24, 2.45) is 5.92 Å². The van der Waals surface area contributed by atoms with E-state index in [1.807, 2.05) is 30.3 Å². The van der Waals surface area contributed by atoms with E-state index in [1.165, 1.54) is 4.68 Å². The highest BCUT2D eigenvalue weighted by Gasteiger charge is 2.46. The summed E-state index contributed by atoms with van der Waals surface area (Å²) in [7, 11) is 0. The Balaban J connectivity index is 1.54. The van der Waals surface area contributed by atoms with Gasteiger partial charge < -0.3 is 30.1 Å². The van der Waals surface area contributed by atoms with Crippen molar-refractivity contribution in [1.29, 1.82) is 0 Å². The molecule has 29 heavy (non-hydrogen) atoms. The largest absolute Gasteiger partial charge is 0.394 e. The molecule has 4 rings (SSSR count). The van der Waals surface area contributed by atoms with Crippen LogP contribution < -0.4 is 5.32 Å². The molecule has 0 saturated carbocycles. The molecule has 1 aromatic carbocycles. The molecule has 0 unspecified atom stereocenters. The summed E-state index contributed by atoms with van der Waals surface area (Å²) < 4.78 is 13.3. The lowest BCUT2D eigenvalue weighted by molar-refractivity contribution is -0.669. The zero-order chi connectivity index (χ0) is 20.2. The Hall–Kier alpha value is -1.88. The predicted octanol–water partition coefficient (Wildman–Crippen LogP) is -1.08. The van der Waals surface area contributed by atoms with E-state index in [2.05, 4.69) is 15.6 Å². The fraction of sp³-hybridized carbons (Fsp3) is 0.600. The maximum absolute atomic E-state index is 10.8. The maximum atomic E-state index is 10.8. The van der Waals surface area contributed by atoms with Crippen molar-refractivity contribution in [2.45, 2.75) is 43.5 Å². The number of aliphatic hydroxyl groups is 3. The lowest BCUT2D eigenvalue weighted by Gasteiger charge is -2.42. The fourth-order valence-corrected chi connectivity index (χ4v) is 4.05.